The van der Waals surface area contributed by atoms with E-state index in [0.717, 1.165) is 11.8 Å². The summed E-state index contributed by atoms with van der Waals surface area (Å²) < 4.78 is 0. The molecule has 21 heavy (non-hydrogen) atoms. The third-order valence-corrected chi connectivity index (χ3v) is 6.39. The molecule has 0 aromatic heterocycles. The number of hydrogen-bond acceptors (Lipinski definition) is 2. The first-order valence-electron chi connectivity index (χ1n) is 9.47. The van der Waals surface area contributed by atoms with E-state index in [1.165, 1.54) is 64.6 Å². The lowest BCUT2D eigenvalue weighted by Crippen LogP contribution is -2.69. The Morgan fingerprint density at radius 1 is 1.19 bits per heavy atom. The highest BCUT2D eigenvalue weighted by molar-refractivity contribution is 5.08. The molecule has 0 spiro atoms. The van der Waals surface area contributed by atoms with Gasteiger partial charge >= 0.3 is 0 Å². The molecule has 2 aliphatic rings. The molecule has 3 unspecified atom stereocenters. The Labute approximate surface area is 133 Å². The van der Waals surface area contributed by atoms with E-state index >= 15 is 0 Å². The molecule has 2 rings (SSSR count). The van der Waals surface area contributed by atoms with Gasteiger partial charge in [0.1, 0.15) is 0 Å². The van der Waals surface area contributed by atoms with Crippen LogP contribution >= 0.6 is 0 Å². The first-order chi connectivity index (χ1) is 9.97. The maximum Gasteiger partial charge on any atom is 0.0335 e. The Morgan fingerprint density at radius 3 is 2.43 bits per heavy atom. The molecule has 1 heterocycles. The molecular weight excluding hydrogens is 256 g/mol. The third-order valence-electron chi connectivity index (χ3n) is 6.39. The van der Waals surface area contributed by atoms with Crippen LogP contribution < -0.4 is 5.32 Å². The van der Waals surface area contributed by atoms with Crippen molar-refractivity contribution in [1.29, 1.82) is 0 Å². The van der Waals surface area contributed by atoms with Crippen molar-refractivity contribution in [3.63, 3.8) is 0 Å². The van der Waals surface area contributed by atoms with Gasteiger partial charge in [0.05, 0.1) is 0 Å². The van der Waals surface area contributed by atoms with Gasteiger partial charge in [0.25, 0.3) is 0 Å². The van der Waals surface area contributed by atoms with E-state index in [1.807, 2.05) is 0 Å². The number of unbranched alkanes of at least 4 members (excludes halogenated alkanes) is 1. The first-order valence-corrected chi connectivity index (χ1v) is 9.47. The predicted octanol–water partition coefficient (Wildman–Crippen LogP) is 4.45. The number of rotatable bonds is 8. The highest BCUT2D eigenvalue weighted by Crippen LogP contribution is 2.45. The fourth-order valence-electron chi connectivity index (χ4n) is 4.01. The molecule has 0 bridgehead atoms. The van der Waals surface area contributed by atoms with E-state index < -0.39 is 0 Å². The molecule has 1 aliphatic carbocycles. The van der Waals surface area contributed by atoms with Gasteiger partial charge in [0.15, 0.2) is 0 Å². The average molecular weight is 295 g/mol. The summed E-state index contributed by atoms with van der Waals surface area (Å²) in [6.45, 7) is 15.7. The molecule has 2 heteroatoms. The van der Waals surface area contributed by atoms with Gasteiger partial charge in [-0.3, -0.25) is 4.90 Å². The minimum absolute atomic E-state index is 0.317. The van der Waals surface area contributed by atoms with E-state index in [2.05, 4.69) is 44.8 Å². The second kappa shape index (κ2) is 7.00. The number of nitrogens with zero attached hydrogens (tertiary/aromatic N) is 1. The molecule has 3 atom stereocenters. The van der Waals surface area contributed by atoms with E-state index in [1.54, 1.807) is 0 Å². The molecule has 1 saturated heterocycles. The summed E-state index contributed by atoms with van der Waals surface area (Å²) >= 11 is 0. The molecule has 1 saturated carbocycles. The fraction of sp³-hybridized carbons (Fsp3) is 1.00. The van der Waals surface area contributed by atoms with Crippen molar-refractivity contribution in [2.45, 2.75) is 90.6 Å². The normalized spacial score (nSPS) is 35.9. The maximum atomic E-state index is 3.88. The van der Waals surface area contributed by atoms with Crippen LogP contribution in [0.5, 0.6) is 0 Å². The standard InChI is InChI=1S/C19H38N2/c1-6-9-10-16(7-2)13-21-15-18(4,8-3)20-14-19(21,5)17-11-12-17/h16-17,20H,6-15H2,1-5H3. The van der Waals surface area contributed by atoms with Crippen molar-refractivity contribution in [2.75, 3.05) is 19.6 Å². The van der Waals surface area contributed by atoms with Crippen molar-refractivity contribution in [3.05, 3.63) is 0 Å². The van der Waals surface area contributed by atoms with Gasteiger partial charge in [-0.15, -0.1) is 0 Å². The summed E-state index contributed by atoms with van der Waals surface area (Å²) in [5.74, 6) is 1.83. The van der Waals surface area contributed by atoms with Crippen molar-refractivity contribution in [3.8, 4) is 0 Å². The fourth-order valence-corrected chi connectivity index (χ4v) is 4.01. The summed E-state index contributed by atoms with van der Waals surface area (Å²) in [4.78, 5) is 2.88. The highest BCUT2D eigenvalue weighted by Gasteiger charge is 2.50. The summed E-state index contributed by atoms with van der Waals surface area (Å²) in [5.41, 5.74) is 0.728. The van der Waals surface area contributed by atoms with Crippen LogP contribution in [0.2, 0.25) is 0 Å². The van der Waals surface area contributed by atoms with Crippen LogP contribution in [-0.4, -0.2) is 35.6 Å². The summed E-state index contributed by atoms with van der Waals surface area (Å²) in [6, 6.07) is 0. The van der Waals surface area contributed by atoms with Gasteiger partial charge in [-0.2, -0.15) is 0 Å². The van der Waals surface area contributed by atoms with Crippen LogP contribution in [-0.2, 0) is 0 Å². The number of piperazine rings is 1. The van der Waals surface area contributed by atoms with E-state index in [9.17, 15) is 0 Å². The zero-order valence-corrected chi connectivity index (χ0v) is 15.2. The second-order valence-electron chi connectivity index (χ2n) is 8.20. The van der Waals surface area contributed by atoms with Crippen molar-refractivity contribution >= 4 is 0 Å². The van der Waals surface area contributed by atoms with Gasteiger partial charge < -0.3 is 5.32 Å². The van der Waals surface area contributed by atoms with Crippen LogP contribution in [0.25, 0.3) is 0 Å². The molecule has 1 aliphatic heterocycles. The van der Waals surface area contributed by atoms with Gasteiger partial charge in [-0.1, -0.05) is 40.0 Å². The van der Waals surface area contributed by atoms with Crippen LogP contribution in [0, 0.1) is 11.8 Å². The topological polar surface area (TPSA) is 15.3 Å². The van der Waals surface area contributed by atoms with Gasteiger partial charge in [0.2, 0.25) is 0 Å². The minimum Gasteiger partial charge on any atom is -0.308 e. The summed E-state index contributed by atoms with van der Waals surface area (Å²) in [7, 11) is 0. The van der Waals surface area contributed by atoms with Crippen LogP contribution in [0.3, 0.4) is 0 Å². The smallest absolute Gasteiger partial charge is 0.0335 e. The second-order valence-corrected chi connectivity index (χ2v) is 8.20. The molecule has 0 aromatic carbocycles. The molecule has 0 radical (unpaired) electrons. The molecule has 124 valence electrons. The van der Waals surface area contributed by atoms with E-state index in [4.69, 9.17) is 0 Å². The van der Waals surface area contributed by atoms with E-state index in [-0.39, 0.29) is 0 Å². The largest absolute Gasteiger partial charge is 0.308 e. The lowest BCUT2D eigenvalue weighted by molar-refractivity contribution is -0.00718. The molecular formula is C19H38N2. The Bertz CT molecular complexity index is 326. The van der Waals surface area contributed by atoms with Gasteiger partial charge in [-0.05, 0) is 51.4 Å². The Balaban J connectivity index is 2.05. The Kier molecular flexibility index (Phi) is 5.76. The van der Waals surface area contributed by atoms with Crippen LogP contribution in [0.4, 0.5) is 0 Å². The Hall–Kier alpha value is -0.0800. The predicted molar refractivity (Wildman–Crippen MR) is 92.7 cm³/mol. The van der Waals surface area contributed by atoms with Crippen molar-refractivity contribution < 1.29 is 0 Å². The molecule has 2 fully saturated rings. The van der Waals surface area contributed by atoms with Gasteiger partial charge in [-0.25, -0.2) is 0 Å². The Morgan fingerprint density at radius 2 is 1.90 bits per heavy atom. The van der Waals surface area contributed by atoms with Crippen molar-refractivity contribution in [1.82, 2.24) is 10.2 Å². The number of hydrogen-bond donors (Lipinski definition) is 1. The zero-order valence-electron chi connectivity index (χ0n) is 15.2. The molecule has 2 nitrogen and oxygen atoms in total. The van der Waals surface area contributed by atoms with Crippen LogP contribution in [0.15, 0.2) is 0 Å². The summed E-state index contributed by atoms with van der Waals surface area (Å²) in [6.07, 6.45) is 9.62. The van der Waals surface area contributed by atoms with E-state index in [0.29, 0.717) is 11.1 Å². The quantitative estimate of drug-likeness (QED) is 0.711. The summed E-state index contributed by atoms with van der Waals surface area (Å²) in [5, 5.41) is 3.88. The SMILES string of the molecule is CCCCC(CC)CN1CC(C)(CC)NCC1(C)C1CC1. The lowest BCUT2D eigenvalue weighted by Gasteiger charge is -2.53. The lowest BCUT2D eigenvalue weighted by atomic mass is 9.83. The first kappa shape index (κ1) is 17.3. The minimum atomic E-state index is 0.317. The molecule has 1 N–H and O–H groups in total. The zero-order chi connectivity index (χ0) is 15.5. The maximum absolute atomic E-state index is 3.88. The average Bonchev–Trinajstić information content (AvgIpc) is 3.32. The number of nitrogens with one attached hydrogen (secondary N) is 1. The van der Waals surface area contributed by atoms with Crippen LogP contribution in [0.1, 0.15) is 79.6 Å². The van der Waals surface area contributed by atoms with Gasteiger partial charge in [0, 0.05) is 30.7 Å². The monoisotopic (exact) mass is 294 g/mol. The third kappa shape index (κ3) is 4.01. The molecule has 0 amide bonds. The molecule has 0 aromatic rings. The van der Waals surface area contributed by atoms with Crippen molar-refractivity contribution in [2.24, 2.45) is 11.8 Å². The highest BCUT2D eigenvalue weighted by atomic mass is 15.3.